The third-order valence-corrected chi connectivity index (χ3v) is 6.22. The minimum absolute atomic E-state index is 0.0392. The summed E-state index contributed by atoms with van der Waals surface area (Å²) in [7, 11) is -3.07. The summed E-state index contributed by atoms with van der Waals surface area (Å²) in [4.78, 5) is 0. The van der Waals surface area contributed by atoms with Crippen LogP contribution in [0, 0.1) is 5.92 Å². The molecular weight excluding hydrogens is 308 g/mol. The Kier molecular flexibility index (Phi) is 5.16. The van der Waals surface area contributed by atoms with E-state index in [2.05, 4.69) is 5.10 Å². The minimum atomic E-state index is -3.07. The van der Waals surface area contributed by atoms with Crippen LogP contribution >= 0.6 is 0 Å². The number of benzene rings is 1. The predicted molar refractivity (Wildman–Crippen MR) is 92.2 cm³/mol. The van der Waals surface area contributed by atoms with Crippen LogP contribution in [-0.4, -0.2) is 24.0 Å². The summed E-state index contributed by atoms with van der Waals surface area (Å²) >= 11 is 0. The molecule has 4 nitrogen and oxygen atoms in total. The molecule has 0 bridgehead atoms. The number of hydrogen-bond acceptors (Lipinski definition) is 3. The monoisotopic (exact) mass is 332 g/mol. The molecule has 1 saturated carbocycles. The van der Waals surface area contributed by atoms with E-state index in [1.807, 2.05) is 36.5 Å². The maximum Gasteiger partial charge on any atom is 0.156 e. The molecule has 1 aliphatic carbocycles. The smallest absolute Gasteiger partial charge is 0.156 e. The zero-order chi connectivity index (χ0) is 16.1. The molecule has 0 saturated heterocycles. The second-order valence-electron chi connectivity index (χ2n) is 6.47. The highest BCUT2D eigenvalue weighted by Crippen LogP contribution is 2.28. The lowest BCUT2D eigenvalue weighted by Gasteiger charge is -2.08. The Balaban J connectivity index is 1.54. The van der Waals surface area contributed by atoms with E-state index in [1.165, 1.54) is 25.7 Å². The van der Waals surface area contributed by atoms with Crippen molar-refractivity contribution in [1.29, 1.82) is 0 Å². The Hall–Kier alpha value is -1.62. The van der Waals surface area contributed by atoms with Crippen molar-refractivity contribution < 1.29 is 8.42 Å². The van der Waals surface area contributed by atoms with Crippen LogP contribution in [0.15, 0.2) is 42.6 Å². The van der Waals surface area contributed by atoms with Crippen LogP contribution in [0.3, 0.4) is 0 Å². The molecule has 1 fully saturated rings. The Labute approximate surface area is 138 Å². The molecule has 1 aromatic heterocycles. The normalized spacial score (nSPS) is 16.0. The highest BCUT2D eigenvalue weighted by Gasteiger charge is 2.18. The molecule has 0 atom stereocenters. The van der Waals surface area contributed by atoms with Gasteiger partial charge >= 0.3 is 0 Å². The number of para-hydroxylation sites is 1. The van der Waals surface area contributed by atoms with E-state index in [4.69, 9.17) is 0 Å². The number of aromatic nitrogens is 2. The molecule has 124 valence electrons. The fraction of sp³-hybridized carbons (Fsp3) is 0.500. The minimum Gasteiger partial charge on any atom is -0.241 e. The average Bonchev–Trinajstić information content (AvgIpc) is 3.19. The van der Waals surface area contributed by atoms with Crippen molar-refractivity contribution in [3.05, 3.63) is 48.3 Å². The van der Waals surface area contributed by atoms with E-state index in [9.17, 15) is 8.42 Å². The van der Waals surface area contributed by atoms with Crippen LogP contribution in [0.25, 0.3) is 5.69 Å². The highest BCUT2D eigenvalue weighted by molar-refractivity contribution is 7.90. The molecule has 1 aliphatic rings. The molecule has 23 heavy (non-hydrogen) atoms. The molecule has 0 amide bonds. The molecule has 2 aromatic rings. The van der Waals surface area contributed by atoms with E-state index in [0.29, 0.717) is 5.69 Å². The van der Waals surface area contributed by atoms with Gasteiger partial charge in [0.2, 0.25) is 0 Å². The first-order valence-electron chi connectivity index (χ1n) is 8.43. The van der Waals surface area contributed by atoms with Crippen molar-refractivity contribution in [2.24, 2.45) is 5.92 Å². The van der Waals surface area contributed by atoms with Gasteiger partial charge in [-0.3, -0.25) is 0 Å². The van der Waals surface area contributed by atoms with Crippen LogP contribution < -0.4 is 0 Å². The molecule has 0 aliphatic heterocycles. The van der Waals surface area contributed by atoms with E-state index < -0.39 is 9.84 Å². The van der Waals surface area contributed by atoms with E-state index in [-0.39, 0.29) is 11.5 Å². The maximum atomic E-state index is 12.3. The van der Waals surface area contributed by atoms with Gasteiger partial charge in [-0.05, 0) is 37.0 Å². The predicted octanol–water partition coefficient (Wildman–Crippen LogP) is 3.76. The summed E-state index contributed by atoms with van der Waals surface area (Å²) in [6, 6.07) is 11.5. The third kappa shape index (κ3) is 4.67. The van der Waals surface area contributed by atoms with Gasteiger partial charge in [0.05, 0.1) is 22.9 Å². The van der Waals surface area contributed by atoms with Crippen molar-refractivity contribution in [3.63, 3.8) is 0 Å². The van der Waals surface area contributed by atoms with Gasteiger partial charge in [-0.25, -0.2) is 13.1 Å². The molecule has 1 aromatic carbocycles. The van der Waals surface area contributed by atoms with Gasteiger partial charge in [-0.15, -0.1) is 0 Å². The lowest BCUT2D eigenvalue weighted by molar-refractivity contribution is 0.494. The fourth-order valence-electron chi connectivity index (χ4n) is 3.35. The van der Waals surface area contributed by atoms with Crippen LogP contribution in [-0.2, 0) is 15.6 Å². The van der Waals surface area contributed by atoms with Crippen molar-refractivity contribution in [2.45, 2.75) is 44.3 Å². The quantitative estimate of drug-likeness (QED) is 0.776. The first-order valence-corrected chi connectivity index (χ1v) is 10.2. The van der Waals surface area contributed by atoms with E-state index >= 15 is 0 Å². The Morgan fingerprint density at radius 1 is 1.09 bits per heavy atom. The maximum absolute atomic E-state index is 12.3. The first kappa shape index (κ1) is 16.2. The van der Waals surface area contributed by atoms with E-state index in [1.54, 1.807) is 10.7 Å². The van der Waals surface area contributed by atoms with Gasteiger partial charge in [-0.1, -0.05) is 43.9 Å². The average molecular weight is 332 g/mol. The van der Waals surface area contributed by atoms with Crippen molar-refractivity contribution in [2.75, 3.05) is 5.75 Å². The van der Waals surface area contributed by atoms with Gasteiger partial charge in [0, 0.05) is 6.20 Å². The standard InChI is InChI=1S/C18H24N2O2S/c21-23(22,14-6-9-16-7-4-5-8-16)15-17-12-13-20(19-17)18-10-2-1-3-11-18/h1-3,10-13,16H,4-9,14-15H2. The van der Waals surface area contributed by atoms with Gasteiger partial charge < -0.3 is 0 Å². The van der Waals surface area contributed by atoms with Crippen LogP contribution in [0.4, 0.5) is 0 Å². The zero-order valence-corrected chi connectivity index (χ0v) is 14.2. The second kappa shape index (κ2) is 7.30. The summed E-state index contributed by atoms with van der Waals surface area (Å²) in [5.41, 5.74) is 1.56. The van der Waals surface area contributed by atoms with Crippen LogP contribution in [0.5, 0.6) is 0 Å². The Morgan fingerprint density at radius 3 is 2.57 bits per heavy atom. The van der Waals surface area contributed by atoms with Crippen molar-refractivity contribution in [3.8, 4) is 5.69 Å². The number of sulfone groups is 1. The van der Waals surface area contributed by atoms with Crippen molar-refractivity contribution >= 4 is 9.84 Å². The van der Waals surface area contributed by atoms with E-state index in [0.717, 1.165) is 24.4 Å². The van der Waals surface area contributed by atoms with Gasteiger partial charge in [0.25, 0.3) is 0 Å². The number of hydrogen-bond donors (Lipinski definition) is 0. The van der Waals surface area contributed by atoms with Crippen LogP contribution in [0.1, 0.15) is 44.2 Å². The van der Waals surface area contributed by atoms with Gasteiger partial charge in [0.15, 0.2) is 9.84 Å². The molecule has 0 spiro atoms. The van der Waals surface area contributed by atoms with Crippen molar-refractivity contribution in [1.82, 2.24) is 9.78 Å². The molecule has 0 unspecified atom stereocenters. The van der Waals surface area contributed by atoms with Crippen LogP contribution in [0.2, 0.25) is 0 Å². The lowest BCUT2D eigenvalue weighted by atomic mass is 10.0. The number of rotatable bonds is 7. The second-order valence-corrected chi connectivity index (χ2v) is 8.66. The summed E-state index contributed by atoms with van der Waals surface area (Å²) in [5, 5.41) is 4.39. The lowest BCUT2D eigenvalue weighted by Crippen LogP contribution is -2.11. The largest absolute Gasteiger partial charge is 0.241 e. The Morgan fingerprint density at radius 2 is 1.83 bits per heavy atom. The molecular formula is C18H24N2O2S. The molecule has 0 N–H and O–H groups in total. The fourth-order valence-corrected chi connectivity index (χ4v) is 4.71. The summed E-state index contributed by atoms with van der Waals surface area (Å²) in [5.74, 6) is 1.07. The topological polar surface area (TPSA) is 52.0 Å². The molecule has 1 heterocycles. The number of nitrogens with zero attached hydrogens (tertiary/aromatic N) is 2. The SMILES string of the molecule is O=S(=O)(CCCC1CCCC1)Cc1ccn(-c2ccccc2)n1. The Bertz CT molecular complexity index is 716. The van der Waals surface area contributed by atoms with Gasteiger partial charge in [-0.2, -0.15) is 5.10 Å². The summed E-state index contributed by atoms with van der Waals surface area (Å²) < 4.78 is 26.3. The highest BCUT2D eigenvalue weighted by atomic mass is 32.2. The third-order valence-electron chi connectivity index (χ3n) is 4.58. The molecule has 5 heteroatoms. The molecule has 0 radical (unpaired) electrons. The summed E-state index contributed by atoms with van der Waals surface area (Å²) in [6.45, 7) is 0. The zero-order valence-electron chi connectivity index (χ0n) is 13.4. The first-order chi connectivity index (χ1) is 11.1. The van der Waals surface area contributed by atoms with Gasteiger partial charge in [0.1, 0.15) is 0 Å². The summed E-state index contributed by atoms with van der Waals surface area (Å²) in [6.07, 6.45) is 8.84. The molecule has 3 rings (SSSR count).